The highest BCUT2D eigenvalue weighted by Crippen LogP contribution is 2.18. The first-order valence-electron chi connectivity index (χ1n) is 8.97. The maximum Gasteiger partial charge on any atom is 0.317 e. The van der Waals surface area contributed by atoms with Crippen molar-refractivity contribution in [2.45, 2.75) is 65.0 Å². The van der Waals surface area contributed by atoms with E-state index in [9.17, 15) is 9.59 Å². The van der Waals surface area contributed by atoms with Crippen LogP contribution in [0.15, 0.2) is 0 Å². The number of hydrogen-bond donors (Lipinski definition) is 2. The minimum atomic E-state index is -0.769. The highest BCUT2D eigenvalue weighted by Gasteiger charge is 2.29. The molecule has 1 aliphatic rings. The lowest BCUT2D eigenvalue weighted by molar-refractivity contribution is -0.139. The zero-order valence-electron chi connectivity index (χ0n) is 15.3. The number of piperidine rings is 1. The summed E-state index contributed by atoms with van der Waals surface area (Å²) in [5.41, 5.74) is 0. The van der Waals surface area contributed by atoms with E-state index in [0.717, 1.165) is 58.3 Å². The molecular formula is C17H34ClN3O3. The Morgan fingerprint density at radius 3 is 2.38 bits per heavy atom. The average molecular weight is 364 g/mol. The molecule has 0 radical (unpaired) electrons. The Bertz CT molecular complexity index is 374. The maximum absolute atomic E-state index is 12.2. The molecule has 24 heavy (non-hydrogen) atoms. The Labute approximate surface area is 152 Å². The third-order valence-electron chi connectivity index (χ3n) is 4.77. The van der Waals surface area contributed by atoms with Crippen molar-refractivity contribution in [3.05, 3.63) is 0 Å². The number of aliphatic carboxylic acids is 1. The van der Waals surface area contributed by atoms with Gasteiger partial charge in [0.2, 0.25) is 5.91 Å². The van der Waals surface area contributed by atoms with Gasteiger partial charge in [-0.25, -0.2) is 0 Å². The maximum atomic E-state index is 12.2. The van der Waals surface area contributed by atoms with E-state index < -0.39 is 5.97 Å². The minimum Gasteiger partial charge on any atom is -0.480 e. The SMILES string of the molecule is CCCCCNC(=O)C(C)N1CCC(N(CC)CC(=O)O)CC1.Cl. The number of carbonyl (C=O) groups excluding carboxylic acids is 1. The van der Waals surface area contributed by atoms with Gasteiger partial charge < -0.3 is 10.4 Å². The van der Waals surface area contributed by atoms with Crippen LogP contribution in [0.4, 0.5) is 0 Å². The zero-order valence-corrected chi connectivity index (χ0v) is 16.1. The summed E-state index contributed by atoms with van der Waals surface area (Å²) < 4.78 is 0. The van der Waals surface area contributed by atoms with Crippen molar-refractivity contribution >= 4 is 24.3 Å². The molecule has 1 amide bonds. The summed E-state index contributed by atoms with van der Waals surface area (Å²) in [5.74, 6) is -0.661. The van der Waals surface area contributed by atoms with Crippen LogP contribution in [0.3, 0.4) is 0 Å². The Morgan fingerprint density at radius 1 is 1.25 bits per heavy atom. The summed E-state index contributed by atoms with van der Waals surface area (Å²) in [6, 6.07) is 0.208. The van der Waals surface area contributed by atoms with E-state index in [1.165, 1.54) is 0 Å². The van der Waals surface area contributed by atoms with E-state index in [-0.39, 0.29) is 30.9 Å². The topological polar surface area (TPSA) is 72.9 Å². The van der Waals surface area contributed by atoms with Crippen LogP contribution in [0.25, 0.3) is 0 Å². The van der Waals surface area contributed by atoms with E-state index in [1.807, 2.05) is 18.7 Å². The van der Waals surface area contributed by atoms with Crippen LogP contribution in [0.5, 0.6) is 0 Å². The monoisotopic (exact) mass is 363 g/mol. The van der Waals surface area contributed by atoms with Crippen molar-refractivity contribution in [3.8, 4) is 0 Å². The fraction of sp³-hybridized carbons (Fsp3) is 0.882. The normalized spacial score (nSPS) is 17.3. The molecule has 0 aliphatic carbocycles. The smallest absolute Gasteiger partial charge is 0.317 e. The Kier molecular flexibility index (Phi) is 12.1. The van der Waals surface area contributed by atoms with Gasteiger partial charge in [0.05, 0.1) is 12.6 Å². The highest BCUT2D eigenvalue weighted by molar-refractivity contribution is 5.85. The zero-order chi connectivity index (χ0) is 17.2. The van der Waals surface area contributed by atoms with E-state index in [4.69, 9.17) is 5.11 Å². The van der Waals surface area contributed by atoms with Gasteiger partial charge in [0.1, 0.15) is 0 Å². The first-order chi connectivity index (χ1) is 11.0. The summed E-state index contributed by atoms with van der Waals surface area (Å²) in [6.07, 6.45) is 5.19. The van der Waals surface area contributed by atoms with Gasteiger partial charge in [-0.15, -0.1) is 12.4 Å². The highest BCUT2D eigenvalue weighted by atomic mass is 35.5. The Morgan fingerprint density at radius 2 is 1.88 bits per heavy atom. The van der Waals surface area contributed by atoms with Crippen molar-refractivity contribution in [2.24, 2.45) is 0 Å². The quantitative estimate of drug-likeness (QED) is 0.580. The number of carbonyl (C=O) groups is 2. The molecule has 2 N–H and O–H groups in total. The number of likely N-dealkylation sites (N-methyl/N-ethyl adjacent to an activating group) is 1. The molecule has 0 spiro atoms. The van der Waals surface area contributed by atoms with Crippen molar-refractivity contribution in [1.29, 1.82) is 0 Å². The van der Waals surface area contributed by atoms with Crippen LogP contribution in [0.1, 0.15) is 52.9 Å². The Hall–Kier alpha value is -0.850. The Balaban J connectivity index is 0.00000529. The number of hydrogen-bond acceptors (Lipinski definition) is 4. The van der Waals surface area contributed by atoms with E-state index >= 15 is 0 Å². The molecule has 142 valence electrons. The lowest BCUT2D eigenvalue weighted by Gasteiger charge is -2.39. The summed E-state index contributed by atoms with van der Waals surface area (Å²) >= 11 is 0. The largest absolute Gasteiger partial charge is 0.480 e. The van der Waals surface area contributed by atoms with Crippen LogP contribution >= 0.6 is 12.4 Å². The standard InChI is InChI=1S/C17H33N3O3.ClH/c1-4-6-7-10-18-17(23)14(3)20-11-8-15(9-12-20)19(5-2)13-16(21)22;/h14-15H,4-13H2,1-3H3,(H,18,23)(H,21,22);1H. The lowest BCUT2D eigenvalue weighted by Crippen LogP contribution is -2.52. The molecule has 1 unspecified atom stereocenters. The second kappa shape index (κ2) is 12.5. The van der Waals surface area contributed by atoms with E-state index in [1.54, 1.807) is 0 Å². The molecule has 1 saturated heterocycles. The van der Waals surface area contributed by atoms with Gasteiger partial charge in [-0.3, -0.25) is 19.4 Å². The van der Waals surface area contributed by atoms with Crippen LogP contribution in [0.2, 0.25) is 0 Å². The number of carboxylic acids is 1. The summed E-state index contributed by atoms with van der Waals surface area (Å²) in [4.78, 5) is 27.3. The van der Waals surface area contributed by atoms with Crippen molar-refractivity contribution in [3.63, 3.8) is 0 Å². The summed E-state index contributed by atoms with van der Waals surface area (Å²) in [6.45, 7) is 9.44. The number of unbranched alkanes of at least 4 members (excludes halogenated alkanes) is 2. The minimum absolute atomic E-state index is 0. The molecule has 6 nitrogen and oxygen atoms in total. The number of rotatable bonds is 10. The van der Waals surface area contributed by atoms with E-state index in [2.05, 4.69) is 17.1 Å². The first kappa shape index (κ1) is 23.1. The van der Waals surface area contributed by atoms with Gasteiger partial charge in [-0.1, -0.05) is 26.7 Å². The van der Waals surface area contributed by atoms with Crippen LogP contribution in [-0.4, -0.2) is 71.6 Å². The van der Waals surface area contributed by atoms with Crippen LogP contribution in [0, 0.1) is 0 Å². The summed E-state index contributed by atoms with van der Waals surface area (Å²) in [7, 11) is 0. The van der Waals surface area contributed by atoms with Gasteiger partial charge in [0.15, 0.2) is 0 Å². The van der Waals surface area contributed by atoms with E-state index in [0.29, 0.717) is 6.04 Å². The molecule has 1 aliphatic heterocycles. The second-order valence-corrected chi connectivity index (χ2v) is 6.40. The number of nitrogens with one attached hydrogen (secondary N) is 1. The average Bonchev–Trinajstić information content (AvgIpc) is 2.55. The predicted molar refractivity (Wildman–Crippen MR) is 98.7 cm³/mol. The second-order valence-electron chi connectivity index (χ2n) is 6.40. The molecule has 1 fully saturated rings. The predicted octanol–water partition coefficient (Wildman–Crippen LogP) is 1.97. The van der Waals surface area contributed by atoms with Gasteiger partial charge >= 0.3 is 5.97 Å². The number of halogens is 1. The molecule has 1 atom stereocenters. The number of amides is 1. The molecule has 1 rings (SSSR count). The van der Waals surface area contributed by atoms with Gasteiger partial charge in [-0.2, -0.15) is 0 Å². The first-order valence-corrected chi connectivity index (χ1v) is 8.97. The molecule has 7 heteroatoms. The molecule has 0 aromatic carbocycles. The van der Waals surface area contributed by atoms with Gasteiger partial charge in [0, 0.05) is 25.7 Å². The van der Waals surface area contributed by atoms with Crippen LogP contribution in [-0.2, 0) is 9.59 Å². The fourth-order valence-corrected chi connectivity index (χ4v) is 3.21. The fourth-order valence-electron chi connectivity index (χ4n) is 3.21. The van der Waals surface area contributed by atoms with Crippen LogP contribution < -0.4 is 5.32 Å². The molecule has 0 bridgehead atoms. The molecule has 0 aromatic rings. The van der Waals surface area contributed by atoms with Crippen molar-refractivity contribution < 1.29 is 14.7 Å². The molecule has 1 heterocycles. The molecule has 0 saturated carbocycles. The van der Waals surface area contributed by atoms with Crippen molar-refractivity contribution in [2.75, 3.05) is 32.7 Å². The third-order valence-corrected chi connectivity index (χ3v) is 4.77. The summed E-state index contributed by atoms with van der Waals surface area (Å²) in [5, 5.41) is 12.0. The van der Waals surface area contributed by atoms with Gasteiger partial charge in [0.25, 0.3) is 0 Å². The van der Waals surface area contributed by atoms with Gasteiger partial charge in [-0.05, 0) is 32.7 Å². The molecular weight excluding hydrogens is 330 g/mol. The third kappa shape index (κ3) is 7.81. The number of nitrogens with zero attached hydrogens (tertiary/aromatic N) is 2. The number of likely N-dealkylation sites (tertiary alicyclic amines) is 1. The van der Waals surface area contributed by atoms with Crippen molar-refractivity contribution in [1.82, 2.24) is 15.1 Å². The lowest BCUT2D eigenvalue weighted by atomic mass is 10.0. The molecule has 0 aromatic heterocycles. The number of carboxylic acid groups (broad SMARTS) is 1.